The number of carbonyl (C=O) groups excluding carboxylic acids is 2. The minimum Gasteiger partial charge on any atom is -0.322 e. The minimum atomic E-state index is -0.241. The Morgan fingerprint density at radius 3 is 2.48 bits per heavy atom. The van der Waals surface area contributed by atoms with Crippen molar-refractivity contribution in [3.05, 3.63) is 71.7 Å². The van der Waals surface area contributed by atoms with Crippen LogP contribution in [0.3, 0.4) is 0 Å². The van der Waals surface area contributed by atoms with E-state index >= 15 is 0 Å². The maximum Gasteiger partial charge on any atom is 0.259 e. The zero-order valence-electron chi connectivity index (χ0n) is 14.1. The van der Waals surface area contributed by atoms with Crippen molar-refractivity contribution in [2.24, 2.45) is 0 Å². The molecule has 1 amide bonds. The Bertz CT molecular complexity index is 899. The predicted molar refractivity (Wildman–Crippen MR) is 95.1 cm³/mol. The van der Waals surface area contributed by atoms with Gasteiger partial charge >= 0.3 is 0 Å². The number of amides is 1. The van der Waals surface area contributed by atoms with Gasteiger partial charge in [-0.1, -0.05) is 13.0 Å². The first-order valence-electron chi connectivity index (χ1n) is 8.00. The van der Waals surface area contributed by atoms with Gasteiger partial charge in [-0.15, -0.1) is 0 Å². The molecule has 6 nitrogen and oxygen atoms in total. The van der Waals surface area contributed by atoms with Crippen molar-refractivity contribution in [1.82, 2.24) is 14.8 Å². The van der Waals surface area contributed by atoms with Crippen LogP contribution in [0.1, 0.15) is 40.3 Å². The van der Waals surface area contributed by atoms with E-state index in [9.17, 15) is 9.59 Å². The highest BCUT2D eigenvalue weighted by molar-refractivity contribution is 6.05. The number of benzene rings is 1. The summed E-state index contributed by atoms with van der Waals surface area (Å²) in [5.41, 5.74) is 2.53. The highest BCUT2D eigenvalue weighted by Crippen LogP contribution is 2.17. The number of rotatable bonds is 5. The van der Waals surface area contributed by atoms with Gasteiger partial charge in [-0.25, -0.2) is 9.67 Å². The monoisotopic (exact) mass is 334 g/mol. The van der Waals surface area contributed by atoms with Gasteiger partial charge in [-0.3, -0.25) is 9.59 Å². The molecule has 0 radical (unpaired) electrons. The van der Waals surface area contributed by atoms with Gasteiger partial charge in [-0.05, 0) is 49.7 Å². The molecule has 0 aliphatic heterocycles. The van der Waals surface area contributed by atoms with Crippen LogP contribution in [0.25, 0.3) is 5.82 Å². The molecule has 0 aliphatic rings. The van der Waals surface area contributed by atoms with Crippen molar-refractivity contribution in [3.8, 4) is 5.82 Å². The predicted octanol–water partition coefficient (Wildman–Crippen LogP) is 3.28. The third-order valence-corrected chi connectivity index (χ3v) is 3.86. The third kappa shape index (κ3) is 3.47. The second-order valence-electron chi connectivity index (χ2n) is 5.55. The van der Waals surface area contributed by atoms with E-state index in [-0.39, 0.29) is 11.7 Å². The van der Waals surface area contributed by atoms with Crippen LogP contribution in [0.2, 0.25) is 0 Å². The SMILES string of the molecule is CCc1c(C(=O)Nc2ccc(C(C)=O)cc2)cnn1-c1ccccn1. The molecule has 0 unspecified atom stereocenters. The van der Waals surface area contributed by atoms with Gasteiger partial charge in [0, 0.05) is 17.4 Å². The van der Waals surface area contributed by atoms with Crippen molar-refractivity contribution in [3.63, 3.8) is 0 Å². The Balaban J connectivity index is 1.85. The first-order valence-corrected chi connectivity index (χ1v) is 8.00. The summed E-state index contributed by atoms with van der Waals surface area (Å²) in [5.74, 6) is 0.418. The number of hydrogen-bond acceptors (Lipinski definition) is 4. The molecule has 25 heavy (non-hydrogen) atoms. The van der Waals surface area contributed by atoms with Gasteiger partial charge in [0.05, 0.1) is 17.5 Å². The second-order valence-corrected chi connectivity index (χ2v) is 5.55. The first kappa shape index (κ1) is 16.6. The molecule has 1 N–H and O–H groups in total. The van der Waals surface area contributed by atoms with Crippen molar-refractivity contribution in [2.45, 2.75) is 20.3 Å². The van der Waals surface area contributed by atoms with Gasteiger partial charge in [-0.2, -0.15) is 5.10 Å². The number of nitrogens with zero attached hydrogens (tertiary/aromatic N) is 3. The van der Waals surface area contributed by atoms with E-state index in [1.165, 1.54) is 6.92 Å². The number of carbonyl (C=O) groups is 2. The van der Waals surface area contributed by atoms with Crippen LogP contribution in [0.4, 0.5) is 5.69 Å². The Morgan fingerprint density at radius 1 is 1.12 bits per heavy atom. The fraction of sp³-hybridized carbons (Fsp3) is 0.158. The molecule has 2 aromatic heterocycles. The van der Waals surface area contributed by atoms with Crippen LogP contribution in [-0.2, 0) is 6.42 Å². The first-order chi connectivity index (χ1) is 12.1. The summed E-state index contributed by atoms with van der Waals surface area (Å²) in [5, 5.41) is 7.15. The molecule has 0 fully saturated rings. The summed E-state index contributed by atoms with van der Waals surface area (Å²) >= 11 is 0. The lowest BCUT2D eigenvalue weighted by atomic mass is 10.1. The molecule has 2 heterocycles. The van der Waals surface area contributed by atoms with Crippen LogP contribution in [0.5, 0.6) is 0 Å². The Morgan fingerprint density at radius 2 is 1.88 bits per heavy atom. The van der Waals surface area contributed by atoms with Crippen molar-refractivity contribution >= 4 is 17.4 Å². The number of nitrogens with one attached hydrogen (secondary N) is 1. The summed E-state index contributed by atoms with van der Waals surface area (Å²) in [6, 6.07) is 12.4. The maximum absolute atomic E-state index is 12.6. The number of pyridine rings is 1. The molecule has 0 saturated heterocycles. The van der Waals surface area contributed by atoms with Crippen LogP contribution in [-0.4, -0.2) is 26.5 Å². The number of hydrogen-bond donors (Lipinski definition) is 1. The highest BCUT2D eigenvalue weighted by Gasteiger charge is 2.17. The van der Waals surface area contributed by atoms with Crippen LogP contribution in [0.15, 0.2) is 54.9 Å². The summed E-state index contributed by atoms with van der Waals surface area (Å²) < 4.78 is 1.67. The van der Waals surface area contributed by atoms with E-state index < -0.39 is 0 Å². The summed E-state index contributed by atoms with van der Waals surface area (Å²) in [6.07, 6.45) is 3.88. The Kier molecular flexibility index (Phi) is 4.70. The highest BCUT2D eigenvalue weighted by atomic mass is 16.1. The lowest BCUT2D eigenvalue weighted by molar-refractivity contribution is 0.101. The number of Topliss-reactive ketones (excluding diaryl/α,β-unsaturated/α-hetero) is 1. The molecule has 1 aromatic carbocycles. The minimum absolute atomic E-state index is 0.0113. The third-order valence-electron chi connectivity index (χ3n) is 3.86. The van der Waals surface area contributed by atoms with Gasteiger partial charge < -0.3 is 5.32 Å². The average Bonchev–Trinajstić information content (AvgIpc) is 3.07. The maximum atomic E-state index is 12.6. The average molecular weight is 334 g/mol. The van der Waals surface area contributed by atoms with E-state index in [1.54, 1.807) is 41.3 Å². The molecule has 3 rings (SSSR count). The van der Waals surface area contributed by atoms with Crippen LogP contribution in [0, 0.1) is 0 Å². The molecule has 0 aliphatic carbocycles. The smallest absolute Gasteiger partial charge is 0.259 e. The number of ketones is 1. The summed E-state index contributed by atoms with van der Waals surface area (Å²) in [7, 11) is 0. The molecular weight excluding hydrogens is 316 g/mol. The largest absolute Gasteiger partial charge is 0.322 e. The van der Waals surface area contributed by atoms with Crippen molar-refractivity contribution < 1.29 is 9.59 Å². The van der Waals surface area contributed by atoms with E-state index in [0.29, 0.717) is 29.1 Å². The fourth-order valence-corrected chi connectivity index (χ4v) is 2.57. The lowest BCUT2D eigenvalue weighted by Gasteiger charge is -2.08. The normalized spacial score (nSPS) is 10.5. The molecular formula is C19H18N4O2. The Hall–Kier alpha value is -3.28. The van der Waals surface area contributed by atoms with E-state index in [0.717, 1.165) is 5.69 Å². The number of anilines is 1. The zero-order valence-corrected chi connectivity index (χ0v) is 14.1. The van der Waals surface area contributed by atoms with E-state index in [2.05, 4.69) is 15.4 Å². The van der Waals surface area contributed by atoms with E-state index in [1.807, 2.05) is 25.1 Å². The van der Waals surface area contributed by atoms with Gasteiger partial charge in [0.25, 0.3) is 5.91 Å². The standard InChI is InChI=1S/C19H18N4O2/c1-3-17-16(12-21-23(17)18-6-4-5-11-20-18)19(25)22-15-9-7-14(8-10-15)13(2)24/h4-12H,3H2,1-2H3,(H,22,25). The van der Waals surface area contributed by atoms with E-state index in [4.69, 9.17) is 0 Å². The molecule has 0 bridgehead atoms. The molecule has 126 valence electrons. The Labute approximate surface area is 145 Å². The van der Waals surface area contributed by atoms with Crippen molar-refractivity contribution in [2.75, 3.05) is 5.32 Å². The fourth-order valence-electron chi connectivity index (χ4n) is 2.57. The van der Waals surface area contributed by atoms with Crippen molar-refractivity contribution in [1.29, 1.82) is 0 Å². The van der Waals surface area contributed by atoms with Gasteiger partial charge in [0.15, 0.2) is 11.6 Å². The lowest BCUT2D eigenvalue weighted by Crippen LogP contribution is -2.14. The topological polar surface area (TPSA) is 76.9 Å². The number of aromatic nitrogens is 3. The summed E-state index contributed by atoms with van der Waals surface area (Å²) in [6.45, 7) is 3.47. The molecule has 3 aromatic rings. The molecule has 6 heteroatoms. The second kappa shape index (κ2) is 7.09. The summed E-state index contributed by atoms with van der Waals surface area (Å²) in [4.78, 5) is 28.2. The van der Waals surface area contributed by atoms with Gasteiger partial charge in [0.1, 0.15) is 0 Å². The van der Waals surface area contributed by atoms with Gasteiger partial charge in [0.2, 0.25) is 0 Å². The molecule has 0 saturated carbocycles. The zero-order chi connectivity index (χ0) is 17.8. The van der Waals surface area contributed by atoms with Crippen LogP contribution < -0.4 is 5.32 Å². The molecule has 0 spiro atoms. The quantitative estimate of drug-likeness (QED) is 0.726. The van der Waals surface area contributed by atoms with Crippen LogP contribution >= 0.6 is 0 Å². The molecule has 0 atom stereocenters.